The van der Waals surface area contributed by atoms with E-state index < -0.39 is 23.2 Å². The Balaban J connectivity index is 1.97. The molecule has 0 saturated carbocycles. The van der Waals surface area contributed by atoms with E-state index in [1.807, 2.05) is 0 Å². The van der Waals surface area contributed by atoms with Crippen molar-refractivity contribution in [2.24, 2.45) is 11.7 Å². The molecule has 2 amide bonds. The predicted molar refractivity (Wildman–Crippen MR) is 73.7 cm³/mol. The van der Waals surface area contributed by atoms with Gasteiger partial charge in [0, 0.05) is 17.3 Å². The molecule has 0 unspecified atom stereocenters. The van der Waals surface area contributed by atoms with Gasteiger partial charge in [-0.3, -0.25) is 14.5 Å². The monoisotopic (exact) mass is 289 g/mol. The number of fused-ring (bicyclic) bond motifs is 4. The van der Waals surface area contributed by atoms with E-state index in [9.17, 15) is 14.0 Å². The van der Waals surface area contributed by atoms with Crippen molar-refractivity contribution >= 4 is 17.5 Å². The molecule has 0 aromatic heterocycles. The van der Waals surface area contributed by atoms with Crippen LogP contribution in [0, 0.1) is 11.7 Å². The second-order valence-electron chi connectivity index (χ2n) is 6.09. The van der Waals surface area contributed by atoms with Crippen molar-refractivity contribution in [2.75, 3.05) is 11.9 Å². The minimum Gasteiger partial charge on any atom is -0.369 e. The maximum absolute atomic E-state index is 13.7. The number of carbonyl (C=O) groups excluding carboxylic acids is 2. The lowest BCUT2D eigenvalue weighted by molar-refractivity contribution is -0.135. The van der Waals surface area contributed by atoms with Gasteiger partial charge >= 0.3 is 0 Å². The van der Waals surface area contributed by atoms with Crippen LogP contribution < -0.4 is 11.1 Å². The summed E-state index contributed by atoms with van der Waals surface area (Å²) in [4.78, 5) is 26.8. The van der Waals surface area contributed by atoms with E-state index >= 15 is 0 Å². The van der Waals surface area contributed by atoms with Crippen LogP contribution in [0.25, 0.3) is 0 Å². The topological polar surface area (TPSA) is 75.4 Å². The first-order chi connectivity index (χ1) is 10.0. The average Bonchev–Trinajstić information content (AvgIpc) is 3.06. The zero-order chi connectivity index (χ0) is 14.8. The number of carbonyl (C=O) groups is 2. The zero-order valence-corrected chi connectivity index (χ0v) is 11.4. The first-order valence-electron chi connectivity index (χ1n) is 7.22. The van der Waals surface area contributed by atoms with Crippen LogP contribution in [0.5, 0.6) is 0 Å². The van der Waals surface area contributed by atoms with E-state index in [1.165, 1.54) is 12.1 Å². The van der Waals surface area contributed by atoms with E-state index in [2.05, 4.69) is 10.2 Å². The molecule has 0 aliphatic carbocycles. The summed E-state index contributed by atoms with van der Waals surface area (Å²) < 4.78 is 13.7. The third-order valence-corrected chi connectivity index (χ3v) is 5.17. The Morgan fingerprint density at radius 2 is 2.29 bits per heavy atom. The van der Waals surface area contributed by atoms with Gasteiger partial charge in [0.25, 0.3) is 0 Å². The average molecular weight is 289 g/mol. The molecule has 0 bridgehead atoms. The van der Waals surface area contributed by atoms with E-state index in [0.29, 0.717) is 17.7 Å². The van der Waals surface area contributed by atoms with Gasteiger partial charge in [-0.05, 0) is 44.0 Å². The Morgan fingerprint density at radius 3 is 3.05 bits per heavy atom. The fourth-order valence-corrected chi connectivity index (χ4v) is 4.42. The van der Waals surface area contributed by atoms with Crippen LogP contribution >= 0.6 is 0 Å². The van der Waals surface area contributed by atoms with Crippen LogP contribution in [0.3, 0.4) is 0 Å². The molecule has 110 valence electrons. The highest BCUT2D eigenvalue weighted by Crippen LogP contribution is 2.55. The third kappa shape index (κ3) is 1.43. The van der Waals surface area contributed by atoms with E-state index in [0.717, 1.165) is 19.4 Å². The van der Waals surface area contributed by atoms with Crippen molar-refractivity contribution < 1.29 is 14.0 Å². The van der Waals surface area contributed by atoms with Crippen LogP contribution in [0.1, 0.15) is 24.8 Å². The first kappa shape index (κ1) is 12.8. The third-order valence-electron chi connectivity index (χ3n) is 5.17. The molecule has 1 aromatic carbocycles. The predicted octanol–water partition coefficient (Wildman–Crippen LogP) is 0.943. The van der Waals surface area contributed by atoms with Crippen molar-refractivity contribution in [3.63, 3.8) is 0 Å². The lowest BCUT2D eigenvalue weighted by Crippen LogP contribution is -2.53. The molecule has 2 fully saturated rings. The summed E-state index contributed by atoms with van der Waals surface area (Å²) in [5.74, 6) is -1.76. The molecule has 5 nitrogen and oxygen atoms in total. The number of amides is 2. The Morgan fingerprint density at radius 1 is 1.48 bits per heavy atom. The molecule has 1 aromatic rings. The van der Waals surface area contributed by atoms with E-state index in [1.54, 1.807) is 6.07 Å². The minimum atomic E-state index is -1.12. The fourth-order valence-electron chi connectivity index (χ4n) is 4.42. The molecule has 0 radical (unpaired) electrons. The van der Waals surface area contributed by atoms with Gasteiger partial charge in [0.05, 0.1) is 5.92 Å². The van der Waals surface area contributed by atoms with Gasteiger partial charge in [-0.2, -0.15) is 0 Å². The number of hydrogen-bond donors (Lipinski definition) is 2. The minimum absolute atomic E-state index is 0.169. The van der Waals surface area contributed by atoms with E-state index in [-0.39, 0.29) is 11.9 Å². The number of nitrogens with two attached hydrogens (primary N) is 1. The Bertz CT molecular complexity index is 662. The largest absolute Gasteiger partial charge is 0.369 e. The van der Waals surface area contributed by atoms with Gasteiger partial charge < -0.3 is 11.1 Å². The number of nitrogens with one attached hydrogen (secondary N) is 1. The van der Waals surface area contributed by atoms with Gasteiger partial charge in [0.2, 0.25) is 11.8 Å². The van der Waals surface area contributed by atoms with Crippen molar-refractivity contribution in [2.45, 2.75) is 30.8 Å². The number of halogens is 1. The molecule has 4 rings (SSSR count). The molecule has 3 atom stereocenters. The maximum Gasteiger partial charge on any atom is 0.250 e. The number of primary amides is 1. The van der Waals surface area contributed by atoms with E-state index in [4.69, 9.17) is 5.73 Å². The number of benzene rings is 1. The van der Waals surface area contributed by atoms with Gasteiger partial charge in [-0.25, -0.2) is 4.39 Å². The summed E-state index contributed by atoms with van der Waals surface area (Å²) in [6.07, 6.45) is 2.50. The Hall–Kier alpha value is -1.95. The quantitative estimate of drug-likeness (QED) is 0.808. The fraction of sp³-hybridized carbons (Fsp3) is 0.467. The first-order valence-corrected chi connectivity index (χ1v) is 7.22. The summed E-state index contributed by atoms with van der Waals surface area (Å²) in [6, 6.07) is 4.40. The highest BCUT2D eigenvalue weighted by Gasteiger charge is 2.65. The lowest BCUT2D eigenvalue weighted by atomic mass is 9.78. The van der Waals surface area contributed by atoms with Gasteiger partial charge in [0.15, 0.2) is 0 Å². The van der Waals surface area contributed by atoms with Gasteiger partial charge in [-0.15, -0.1) is 0 Å². The summed E-state index contributed by atoms with van der Waals surface area (Å²) in [5, 5.41) is 2.80. The van der Waals surface area contributed by atoms with Crippen LogP contribution in [-0.2, 0) is 15.1 Å². The molecule has 21 heavy (non-hydrogen) atoms. The second kappa shape index (κ2) is 4.04. The van der Waals surface area contributed by atoms with Crippen LogP contribution in [0.2, 0.25) is 0 Å². The van der Waals surface area contributed by atoms with Gasteiger partial charge in [-0.1, -0.05) is 0 Å². The standard InChI is InChI=1S/C15H16FN3O2/c16-8-3-4-12-10(6-8)15(14(21)18-12)11(13(17)20)7-9-2-1-5-19(9)15/h3-4,6,9,11H,1-2,5,7H2,(H2,17,20)(H,18,21)/t9-,11+,15-/m1/s1. The van der Waals surface area contributed by atoms with Crippen molar-refractivity contribution in [1.29, 1.82) is 0 Å². The Kier molecular flexibility index (Phi) is 2.45. The van der Waals surface area contributed by atoms with Crippen LogP contribution in [0.15, 0.2) is 18.2 Å². The molecule has 3 heterocycles. The smallest absolute Gasteiger partial charge is 0.250 e. The lowest BCUT2D eigenvalue weighted by Gasteiger charge is -2.35. The molecule has 6 heteroatoms. The number of hydrogen-bond acceptors (Lipinski definition) is 3. The highest BCUT2D eigenvalue weighted by atomic mass is 19.1. The summed E-state index contributed by atoms with van der Waals surface area (Å²) in [6.45, 7) is 0.734. The highest BCUT2D eigenvalue weighted by molar-refractivity contribution is 6.09. The molecular formula is C15H16FN3O2. The van der Waals surface area contributed by atoms with Crippen molar-refractivity contribution in [1.82, 2.24) is 4.90 Å². The van der Waals surface area contributed by atoms with Crippen LogP contribution in [-0.4, -0.2) is 29.3 Å². The normalized spacial score (nSPS) is 34.0. The summed E-state index contributed by atoms with van der Waals surface area (Å²) in [5.41, 5.74) is 5.59. The number of rotatable bonds is 1. The van der Waals surface area contributed by atoms with Crippen molar-refractivity contribution in [3.05, 3.63) is 29.6 Å². The maximum atomic E-state index is 13.7. The molecular weight excluding hydrogens is 273 g/mol. The molecule has 3 aliphatic heterocycles. The number of anilines is 1. The Labute approximate surface area is 121 Å². The molecule has 3 N–H and O–H groups in total. The second-order valence-corrected chi connectivity index (χ2v) is 6.09. The van der Waals surface area contributed by atoms with Crippen molar-refractivity contribution in [3.8, 4) is 0 Å². The zero-order valence-electron chi connectivity index (χ0n) is 11.4. The summed E-state index contributed by atoms with van der Waals surface area (Å²) >= 11 is 0. The molecule has 1 spiro atoms. The van der Waals surface area contributed by atoms with Gasteiger partial charge in [0.1, 0.15) is 11.4 Å². The summed E-state index contributed by atoms with van der Waals surface area (Å²) in [7, 11) is 0. The molecule has 3 aliphatic rings. The number of nitrogens with zero attached hydrogens (tertiary/aromatic N) is 1. The van der Waals surface area contributed by atoms with Crippen LogP contribution in [0.4, 0.5) is 10.1 Å². The SMILES string of the molecule is NC(=O)[C@@H]1C[C@H]2CCCN2[C@@]12C(=O)Nc1ccc(F)cc12. The molecule has 2 saturated heterocycles.